The fraction of sp³-hybridized carbons (Fsp3) is 0. The second kappa shape index (κ2) is 6.94. The van der Waals surface area contributed by atoms with Gasteiger partial charge in [0.1, 0.15) is 0 Å². The van der Waals surface area contributed by atoms with Crippen LogP contribution in [0.5, 0.6) is 0 Å². The fourth-order valence-electron chi connectivity index (χ4n) is 1.85. The highest BCUT2D eigenvalue weighted by Crippen LogP contribution is 2.12. The fourth-order valence-corrected chi connectivity index (χ4v) is 1.85. The van der Waals surface area contributed by atoms with Gasteiger partial charge in [0.05, 0.1) is 5.56 Å². The molecule has 2 aromatic rings. The van der Waals surface area contributed by atoms with E-state index in [0.717, 1.165) is 0 Å². The monoisotopic (exact) mass is 312 g/mol. The molecule has 1 amide bonds. The topological polar surface area (TPSA) is 143 Å². The Morgan fingerprint density at radius 1 is 0.957 bits per heavy atom. The Bertz CT molecular complexity index is 767. The normalized spacial score (nSPS) is 10.9. The summed E-state index contributed by atoms with van der Waals surface area (Å²) >= 11 is 0. The Hall–Kier alpha value is -3.55. The number of aromatic carboxylic acids is 1. The van der Waals surface area contributed by atoms with Gasteiger partial charge in [0.15, 0.2) is 0 Å². The average molecular weight is 312 g/mol. The van der Waals surface area contributed by atoms with Crippen molar-refractivity contribution in [1.82, 2.24) is 0 Å². The Morgan fingerprint density at radius 2 is 1.48 bits per heavy atom. The van der Waals surface area contributed by atoms with Crippen LogP contribution >= 0.6 is 0 Å². The molecule has 116 valence electrons. The molecule has 23 heavy (non-hydrogen) atoms. The van der Waals surface area contributed by atoms with E-state index in [1.165, 1.54) is 24.3 Å². The molecule has 2 aromatic carbocycles. The summed E-state index contributed by atoms with van der Waals surface area (Å²) in [5.41, 5.74) is 6.77. The van der Waals surface area contributed by atoms with Gasteiger partial charge in [-0.15, -0.1) is 0 Å². The summed E-state index contributed by atoms with van der Waals surface area (Å²) in [4.78, 5) is 22.9. The molecular weight excluding hydrogens is 298 g/mol. The van der Waals surface area contributed by atoms with Crippen LogP contribution in [0.4, 0.5) is 5.69 Å². The van der Waals surface area contributed by atoms with E-state index in [4.69, 9.17) is 16.5 Å². The molecule has 0 radical (unpaired) electrons. The molecule has 8 nitrogen and oxygen atoms in total. The number of anilines is 1. The van der Waals surface area contributed by atoms with E-state index in [1.54, 1.807) is 24.3 Å². The third kappa shape index (κ3) is 3.76. The zero-order valence-electron chi connectivity index (χ0n) is 11.9. The Morgan fingerprint density at radius 3 is 1.96 bits per heavy atom. The molecule has 0 spiro atoms. The van der Waals surface area contributed by atoms with E-state index < -0.39 is 5.97 Å². The minimum Gasteiger partial charge on any atom is -0.478 e. The van der Waals surface area contributed by atoms with Crippen LogP contribution in [-0.2, 0) is 0 Å². The smallest absolute Gasteiger partial charge is 0.335 e. The van der Waals surface area contributed by atoms with Gasteiger partial charge in [-0.3, -0.25) is 4.79 Å². The largest absolute Gasteiger partial charge is 0.478 e. The summed E-state index contributed by atoms with van der Waals surface area (Å²) in [5, 5.41) is 18.3. The number of nitrogens with zero attached hydrogens (tertiary/aromatic N) is 2. The highest BCUT2D eigenvalue weighted by molar-refractivity contribution is 6.05. The molecule has 0 saturated carbocycles. The lowest BCUT2D eigenvalue weighted by atomic mass is 10.1. The Kier molecular flexibility index (Phi) is 4.78. The maximum absolute atomic E-state index is 12.1. The van der Waals surface area contributed by atoms with E-state index in [1.807, 2.05) is 0 Å². The van der Waals surface area contributed by atoms with Gasteiger partial charge in [0.25, 0.3) is 5.91 Å². The number of amidine groups is 1. The summed E-state index contributed by atoms with van der Waals surface area (Å²) in [5.74, 6) is 3.95. The van der Waals surface area contributed by atoms with Crippen molar-refractivity contribution in [2.24, 2.45) is 16.1 Å². The minimum atomic E-state index is -1.03. The van der Waals surface area contributed by atoms with Crippen molar-refractivity contribution in [2.45, 2.75) is 0 Å². The molecule has 2 rings (SSSR count). The molecule has 0 fully saturated rings. The lowest BCUT2D eigenvalue weighted by Gasteiger charge is -2.06. The van der Waals surface area contributed by atoms with Gasteiger partial charge in [-0.25, -0.2) is 4.79 Å². The second-order valence-corrected chi connectivity index (χ2v) is 4.50. The molecule has 0 saturated heterocycles. The molecule has 6 N–H and O–H groups in total. The van der Waals surface area contributed by atoms with Crippen LogP contribution in [0.1, 0.15) is 26.3 Å². The second-order valence-electron chi connectivity index (χ2n) is 4.50. The van der Waals surface area contributed by atoms with E-state index in [2.05, 4.69) is 15.5 Å². The molecule has 0 atom stereocenters. The van der Waals surface area contributed by atoms with Gasteiger partial charge in [-0.1, -0.05) is 12.1 Å². The average Bonchev–Trinajstić information content (AvgIpc) is 2.57. The van der Waals surface area contributed by atoms with Gasteiger partial charge in [0, 0.05) is 21.9 Å². The number of carboxylic acid groups (broad SMARTS) is 1. The number of carbonyl (C=O) groups is 2. The lowest BCUT2D eigenvalue weighted by Crippen LogP contribution is -2.27. The SMILES string of the molecule is N/N=C(\N=[NH2+])c1ccc(C(=O)Nc2ccc(C(=O)O)cc2)cc1. The minimum absolute atomic E-state index is 0.145. The zero-order valence-corrected chi connectivity index (χ0v) is 11.9. The van der Waals surface area contributed by atoms with E-state index >= 15 is 0 Å². The van der Waals surface area contributed by atoms with Gasteiger partial charge >= 0.3 is 5.97 Å². The Labute approximate surface area is 131 Å². The number of hydrogen-bond donors (Lipinski definition) is 4. The van der Waals surface area contributed by atoms with Gasteiger partial charge in [-0.05, 0) is 36.4 Å². The summed E-state index contributed by atoms with van der Waals surface area (Å²) in [6, 6.07) is 12.2. The molecule has 0 heterocycles. The number of benzene rings is 2. The van der Waals surface area contributed by atoms with Crippen LogP contribution < -0.4 is 16.7 Å². The van der Waals surface area contributed by atoms with E-state index in [9.17, 15) is 9.59 Å². The van der Waals surface area contributed by atoms with Crippen molar-refractivity contribution >= 4 is 23.4 Å². The third-order valence-corrected chi connectivity index (χ3v) is 3.04. The quantitative estimate of drug-likeness (QED) is 0.214. The number of hydrazone groups is 1. The first kappa shape index (κ1) is 15.8. The van der Waals surface area contributed by atoms with Crippen LogP contribution in [-0.4, -0.2) is 22.8 Å². The molecule has 8 heteroatoms. The zero-order chi connectivity index (χ0) is 16.8. The Balaban J connectivity index is 2.11. The first-order valence-electron chi connectivity index (χ1n) is 6.49. The number of carbonyl (C=O) groups excluding carboxylic acids is 1. The van der Waals surface area contributed by atoms with Crippen molar-refractivity contribution in [3.63, 3.8) is 0 Å². The number of amides is 1. The first-order chi connectivity index (χ1) is 11.0. The maximum atomic E-state index is 12.1. The lowest BCUT2D eigenvalue weighted by molar-refractivity contribution is -0.206. The molecule has 0 unspecified atom stereocenters. The third-order valence-electron chi connectivity index (χ3n) is 3.04. The van der Waals surface area contributed by atoms with Crippen LogP contribution in [0.2, 0.25) is 0 Å². The molecule has 0 bridgehead atoms. The summed E-state index contributed by atoms with van der Waals surface area (Å²) in [6.45, 7) is 0. The van der Waals surface area contributed by atoms with Crippen LogP contribution in [0.15, 0.2) is 58.7 Å². The van der Waals surface area contributed by atoms with Gasteiger partial charge in [0.2, 0.25) is 5.84 Å². The highest BCUT2D eigenvalue weighted by atomic mass is 16.4. The predicted octanol–water partition coefficient (Wildman–Crippen LogP) is 0.469. The number of rotatable bonds is 4. The number of carboxylic acids is 1. The van der Waals surface area contributed by atoms with Crippen molar-refractivity contribution < 1.29 is 20.2 Å². The van der Waals surface area contributed by atoms with Crippen LogP contribution in [0.3, 0.4) is 0 Å². The van der Waals surface area contributed by atoms with Crippen molar-refractivity contribution in [3.8, 4) is 0 Å². The highest BCUT2D eigenvalue weighted by Gasteiger charge is 2.09. The summed E-state index contributed by atoms with van der Waals surface area (Å²) in [6.07, 6.45) is 0. The van der Waals surface area contributed by atoms with Gasteiger partial charge < -0.3 is 16.3 Å². The standard InChI is InChI=1S/C15H13N5O3/c16-19-13(20-17)9-1-3-10(4-2-9)14(21)18-12-7-5-11(6-8-12)15(22)23/h1-8,16H,17H2,(H,18,21)(H,22,23)/p+1/b19-16?,20-13-. The number of hydrogen-bond acceptors (Lipinski definition) is 4. The van der Waals surface area contributed by atoms with Crippen LogP contribution in [0, 0.1) is 0 Å². The van der Waals surface area contributed by atoms with Crippen molar-refractivity contribution in [3.05, 3.63) is 65.2 Å². The van der Waals surface area contributed by atoms with E-state index in [0.29, 0.717) is 16.8 Å². The molecule has 0 aliphatic heterocycles. The molecule has 0 aliphatic rings. The van der Waals surface area contributed by atoms with Crippen molar-refractivity contribution in [2.75, 3.05) is 5.32 Å². The van der Waals surface area contributed by atoms with E-state index in [-0.39, 0.29) is 17.3 Å². The van der Waals surface area contributed by atoms with Crippen molar-refractivity contribution in [1.29, 1.82) is 0 Å². The van der Waals surface area contributed by atoms with Gasteiger partial charge in [-0.2, -0.15) is 10.6 Å². The summed E-state index contributed by atoms with van der Waals surface area (Å²) < 4.78 is 0. The first-order valence-corrected chi connectivity index (χ1v) is 6.49. The maximum Gasteiger partial charge on any atom is 0.335 e. The van der Waals surface area contributed by atoms with Crippen LogP contribution in [0.25, 0.3) is 0 Å². The number of nitrogens with two attached hydrogens (primary N) is 2. The predicted molar refractivity (Wildman–Crippen MR) is 82.9 cm³/mol. The molecular formula is C15H14N5O3+. The number of nitrogens with one attached hydrogen (secondary N) is 1. The summed E-state index contributed by atoms with van der Waals surface area (Å²) in [7, 11) is 0. The molecule has 0 aliphatic carbocycles. The molecule has 0 aromatic heterocycles.